The Kier molecular flexibility index (Phi) is 0.776. The van der Waals surface area contributed by atoms with Gasteiger partial charge in [0.05, 0.1) is 0 Å². The summed E-state index contributed by atoms with van der Waals surface area (Å²) in [6.45, 7) is 1.03. The van der Waals surface area contributed by atoms with E-state index in [2.05, 4.69) is 0 Å². The number of benzene rings is 1. The maximum absolute atomic E-state index is 5.19. The zero-order valence-electron chi connectivity index (χ0n) is 5.79. The Bertz CT molecular complexity index is 288. The second kappa shape index (κ2) is 1.61. The molecule has 1 aromatic rings. The minimum atomic E-state index is 0.332. The minimum absolute atomic E-state index is 0.332. The summed E-state index contributed by atoms with van der Waals surface area (Å²) in [5.41, 5.74) is 1.20. The monoisotopic (exact) mass is 150 g/mol. The lowest BCUT2D eigenvalue weighted by atomic mass is 10.1. The molecule has 0 atom stereocenters. The summed E-state index contributed by atoms with van der Waals surface area (Å²) in [4.78, 5) is 0. The van der Waals surface area contributed by atoms with Crippen molar-refractivity contribution < 1.29 is 14.2 Å². The molecular formula is C8H6O3. The molecule has 56 valence electrons. The molecule has 3 rings (SSSR count). The van der Waals surface area contributed by atoms with Gasteiger partial charge in [-0.15, -0.1) is 0 Å². The van der Waals surface area contributed by atoms with Crippen molar-refractivity contribution in [1.29, 1.82) is 0 Å². The van der Waals surface area contributed by atoms with Crippen molar-refractivity contribution in [3.05, 3.63) is 17.7 Å². The van der Waals surface area contributed by atoms with Gasteiger partial charge in [0, 0.05) is 11.6 Å². The van der Waals surface area contributed by atoms with Crippen LogP contribution in [0.5, 0.6) is 17.2 Å². The molecular weight excluding hydrogens is 144 g/mol. The zero-order valence-corrected chi connectivity index (χ0v) is 5.79. The fraction of sp³-hybridized carbons (Fsp3) is 0.250. The van der Waals surface area contributed by atoms with E-state index in [1.807, 2.05) is 12.1 Å². The second-order valence-electron chi connectivity index (χ2n) is 2.60. The summed E-state index contributed by atoms with van der Waals surface area (Å²) in [5, 5.41) is 0. The first-order valence-corrected chi connectivity index (χ1v) is 3.49. The minimum Gasteiger partial charge on any atom is -0.488 e. The van der Waals surface area contributed by atoms with Gasteiger partial charge in [0.1, 0.15) is 12.4 Å². The third-order valence-electron chi connectivity index (χ3n) is 1.94. The van der Waals surface area contributed by atoms with Crippen LogP contribution >= 0.6 is 0 Å². The molecule has 0 fully saturated rings. The van der Waals surface area contributed by atoms with E-state index in [0.29, 0.717) is 13.4 Å². The molecule has 2 aliphatic heterocycles. The average molecular weight is 150 g/mol. The third kappa shape index (κ3) is 0.576. The van der Waals surface area contributed by atoms with Crippen LogP contribution in [0.3, 0.4) is 0 Å². The summed E-state index contributed by atoms with van der Waals surface area (Å²) in [5.74, 6) is 2.56. The van der Waals surface area contributed by atoms with E-state index in [9.17, 15) is 0 Å². The largest absolute Gasteiger partial charge is 0.488 e. The molecule has 3 heteroatoms. The molecule has 0 radical (unpaired) electrons. The molecule has 0 spiro atoms. The lowest BCUT2D eigenvalue weighted by molar-refractivity contribution is 0.174. The van der Waals surface area contributed by atoms with Crippen molar-refractivity contribution >= 4 is 0 Å². The van der Waals surface area contributed by atoms with Gasteiger partial charge in [-0.3, -0.25) is 0 Å². The Labute approximate surface area is 63.5 Å². The molecule has 11 heavy (non-hydrogen) atoms. The molecule has 0 saturated carbocycles. The van der Waals surface area contributed by atoms with E-state index in [1.165, 1.54) is 5.56 Å². The summed E-state index contributed by atoms with van der Waals surface area (Å²) >= 11 is 0. The van der Waals surface area contributed by atoms with Gasteiger partial charge < -0.3 is 14.2 Å². The normalized spacial score (nSPS) is 16.7. The van der Waals surface area contributed by atoms with Crippen LogP contribution in [-0.4, -0.2) is 6.79 Å². The summed E-state index contributed by atoms with van der Waals surface area (Å²) in [6, 6.07) is 3.85. The average Bonchev–Trinajstić information content (AvgIpc) is 2.40. The third-order valence-corrected chi connectivity index (χ3v) is 1.94. The van der Waals surface area contributed by atoms with Gasteiger partial charge in [-0.25, -0.2) is 0 Å². The highest BCUT2D eigenvalue weighted by atomic mass is 16.7. The maximum atomic E-state index is 5.19. The molecule has 0 N–H and O–H groups in total. The van der Waals surface area contributed by atoms with Gasteiger partial charge >= 0.3 is 0 Å². The molecule has 0 saturated heterocycles. The van der Waals surface area contributed by atoms with Crippen molar-refractivity contribution in [3.63, 3.8) is 0 Å². The molecule has 2 aliphatic rings. The van der Waals surface area contributed by atoms with Crippen molar-refractivity contribution in [1.82, 2.24) is 0 Å². The fourth-order valence-corrected chi connectivity index (χ4v) is 1.29. The van der Waals surface area contributed by atoms with Gasteiger partial charge in [-0.05, 0) is 6.07 Å². The van der Waals surface area contributed by atoms with E-state index >= 15 is 0 Å². The van der Waals surface area contributed by atoms with E-state index in [4.69, 9.17) is 14.2 Å². The van der Waals surface area contributed by atoms with Crippen LogP contribution < -0.4 is 14.2 Å². The Morgan fingerprint density at radius 2 is 1.73 bits per heavy atom. The number of fused-ring (bicyclic) bond motifs is 2. The van der Waals surface area contributed by atoms with Crippen molar-refractivity contribution in [3.8, 4) is 17.2 Å². The fourth-order valence-electron chi connectivity index (χ4n) is 1.29. The quantitative estimate of drug-likeness (QED) is 0.558. The van der Waals surface area contributed by atoms with Crippen molar-refractivity contribution in [2.45, 2.75) is 6.61 Å². The smallest absolute Gasteiger partial charge is 0.231 e. The van der Waals surface area contributed by atoms with Gasteiger partial charge in [0.25, 0.3) is 0 Å². The number of ether oxygens (including phenoxy) is 3. The molecule has 1 aromatic carbocycles. The summed E-state index contributed by atoms with van der Waals surface area (Å²) in [6.07, 6.45) is 0. The molecule has 2 heterocycles. The second-order valence-corrected chi connectivity index (χ2v) is 2.60. The standard InChI is InChI=1S/C8H6O3/c1-5-3-9-6(5)2-8-7(1)10-4-11-8/h1-2H,3-4H2. The SMILES string of the molecule is c1c2c(cc3c1OCO3)OC2. The highest BCUT2D eigenvalue weighted by Gasteiger charge is 2.22. The lowest BCUT2D eigenvalue weighted by Gasteiger charge is -2.19. The van der Waals surface area contributed by atoms with E-state index in [1.54, 1.807) is 0 Å². The number of hydrogen-bond acceptors (Lipinski definition) is 3. The van der Waals surface area contributed by atoms with Crippen molar-refractivity contribution in [2.24, 2.45) is 0 Å². The summed E-state index contributed by atoms with van der Waals surface area (Å²) < 4.78 is 15.5. The van der Waals surface area contributed by atoms with Crippen LogP contribution in [0, 0.1) is 0 Å². The van der Waals surface area contributed by atoms with E-state index in [-0.39, 0.29) is 0 Å². The van der Waals surface area contributed by atoms with Crippen LogP contribution in [0.15, 0.2) is 12.1 Å². The summed E-state index contributed by atoms with van der Waals surface area (Å²) in [7, 11) is 0. The molecule has 0 bridgehead atoms. The van der Waals surface area contributed by atoms with Crippen LogP contribution in [0.1, 0.15) is 5.56 Å². The molecule has 3 nitrogen and oxygen atoms in total. The number of rotatable bonds is 0. The number of hydrogen-bond donors (Lipinski definition) is 0. The molecule has 0 unspecified atom stereocenters. The Morgan fingerprint density at radius 3 is 2.45 bits per heavy atom. The molecule has 0 aliphatic carbocycles. The predicted molar refractivity (Wildman–Crippen MR) is 36.9 cm³/mol. The van der Waals surface area contributed by atoms with Crippen LogP contribution in [-0.2, 0) is 6.61 Å². The molecule has 0 aromatic heterocycles. The highest BCUT2D eigenvalue weighted by Crippen LogP contribution is 2.41. The Hall–Kier alpha value is -1.38. The van der Waals surface area contributed by atoms with E-state index < -0.39 is 0 Å². The first-order chi connectivity index (χ1) is 5.43. The highest BCUT2D eigenvalue weighted by molar-refractivity contribution is 5.54. The zero-order chi connectivity index (χ0) is 7.26. The van der Waals surface area contributed by atoms with E-state index in [0.717, 1.165) is 17.2 Å². The van der Waals surface area contributed by atoms with Crippen LogP contribution in [0.2, 0.25) is 0 Å². The van der Waals surface area contributed by atoms with Crippen LogP contribution in [0.4, 0.5) is 0 Å². The first-order valence-electron chi connectivity index (χ1n) is 3.49. The maximum Gasteiger partial charge on any atom is 0.231 e. The van der Waals surface area contributed by atoms with Crippen LogP contribution in [0.25, 0.3) is 0 Å². The Balaban J connectivity index is 2.23. The van der Waals surface area contributed by atoms with Gasteiger partial charge in [-0.2, -0.15) is 0 Å². The van der Waals surface area contributed by atoms with Gasteiger partial charge in [0.15, 0.2) is 11.5 Å². The van der Waals surface area contributed by atoms with Crippen molar-refractivity contribution in [2.75, 3.05) is 6.79 Å². The lowest BCUT2D eigenvalue weighted by Crippen LogP contribution is -2.08. The van der Waals surface area contributed by atoms with Gasteiger partial charge in [-0.1, -0.05) is 0 Å². The molecule has 0 amide bonds. The predicted octanol–water partition coefficient (Wildman–Crippen LogP) is 1.31. The Morgan fingerprint density at radius 1 is 0.909 bits per heavy atom. The topological polar surface area (TPSA) is 27.7 Å². The van der Waals surface area contributed by atoms with Gasteiger partial charge in [0.2, 0.25) is 6.79 Å². The first kappa shape index (κ1) is 5.29.